The number of aromatic nitrogens is 2. The number of hydrogen-bond donors (Lipinski definition) is 4. The number of anilines is 1. The van der Waals surface area contributed by atoms with E-state index in [-0.39, 0.29) is 18.4 Å². The van der Waals surface area contributed by atoms with Crippen LogP contribution >= 0.6 is 0 Å². The van der Waals surface area contributed by atoms with Gasteiger partial charge in [0.15, 0.2) is 0 Å². The van der Waals surface area contributed by atoms with E-state index in [2.05, 4.69) is 45.1 Å². The second kappa shape index (κ2) is 10.6. The number of unbranched alkanes of at least 4 members (excludes halogenated alkanes) is 1. The van der Waals surface area contributed by atoms with E-state index >= 15 is 0 Å². The monoisotopic (exact) mass is 483 g/mol. The van der Waals surface area contributed by atoms with Crippen molar-refractivity contribution < 1.29 is 14.3 Å². The maximum Gasteiger partial charge on any atom is 0.407 e. The molecule has 1 aliphatic carbocycles. The number of nitrogens with two attached hydrogens (primary N) is 1. The quantitative estimate of drug-likeness (QED) is 0.260. The van der Waals surface area contributed by atoms with Gasteiger partial charge in [-0.15, -0.1) is 0 Å². The first-order valence-electron chi connectivity index (χ1n) is 12.2. The van der Waals surface area contributed by atoms with E-state index in [0.717, 1.165) is 39.6 Å². The SMILES string of the molecule is NCCCC[C@H](NC(=O)OCC1c2ccccc2-c2ccccc21)C(=O)Nc1ccc2[nH]ncc2c1. The summed E-state index contributed by atoms with van der Waals surface area (Å²) in [5.41, 5.74) is 11.7. The first kappa shape index (κ1) is 23.6. The first-order chi connectivity index (χ1) is 17.6. The van der Waals surface area contributed by atoms with Crippen LogP contribution < -0.4 is 16.4 Å². The van der Waals surface area contributed by atoms with Gasteiger partial charge >= 0.3 is 6.09 Å². The Bertz CT molecular complexity index is 1340. The molecule has 0 saturated carbocycles. The molecule has 2 amide bonds. The molecule has 8 nitrogen and oxygen atoms in total. The molecule has 4 aromatic rings. The van der Waals surface area contributed by atoms with Crippen LogP contribution in [0.1, 0.15) is 36.3 Å². The normalized spacial score (nSPS) is 13.1. The summed E-state index contributed by atoms with van der Waals surface area (Å²) in [5, 5.41) is 13.4. The predicted octanol–water partition coefficient (Wildman–Crippen LogP) is 4.54. The van der Waals surface area contributed by atoms with Gasteiger partial charge in [-0.1, -0.05) is 48.5 Å². The minimum atomic E-state index is -0.743. The summed E-state index contributed by atoms with van der Waals surface area (Å²) in [6.45, 7) is 0.713. The Morgan fingerprint density at radius 1 is 1.00 bits per heavy atom. The minimum Gasteiger partial charge on any atom is -0.449 e. The molecule has 1 aliphatic rings. The highest BCUT2D eigenvalue weighted by Gasteiger charge is 2.29. The summed E-state index contributed by atoms with van der Waals surface area (Å²) in [5.74, 6) is -0.349. The largest absolute Gasteiger partial charge is 0.449 e. The summed E-state index contributed by atoms with van der Waals surface area (Å²) in [6, 6.07) is 21.1. The van der Waals surface area contributed by atoms with Crippen molar-refractivity contribution in [2.24, 2.45) is 5.73 Å². The average Bonchev–Trinajstić information content (AvgIpc) is 3.49. The molecule has 8 heteroatoms. The lowest BCUT2D eigenvalue weighted by molar-refractivity contribution is -0.118. The molecule has 36 heavy (non-hydrogen) atoms. The van der Waals surface area contributed by atoms with E-state index < -0.39 is 12.1 Å². The van der Waals surface area contributed by atoms with E-state index in [9.17, 15) is 9.59 Å². The number of ether oxygens (including phenoxy) is 1. The molecule has 0 saturated heterocycles. The van der Waals surface area contributed by atoms with Crippen LogP contribution in [0.15, 0.2) is 72.9 Å². The van der Waals surface area contributed by atoms with Crippen LogP contribution in [-0.2, 0) is 9.53 Å². The van der Waals surface area contributed by atoms with Crippen LogP contribution in [0, 0.1) is 0 Å². The Kier molecular flexibility index (Phi) is 6.95. The van der Waals surface area contributed by atoms with Gasteiger partial charge in [0.05, 0.1) is 11.7 Å². The third-order valence-corrected chi connectivity index (χ3v) is 6.61. The standard InChI is InChI=1S/C28H29N5O3/c29-14-6-5-11-26(27(34)31-19-12-13-25-18(15-19)16-30-33-25)32-28(35)36-17-24-22-9-3-1-7-20(22)21-8-2-4-10-23(21)24/h1-4,7-10,12-13,15-16,24,26H,5-6,11,14,17,29H2,(H,30,33)(H,31,34)(H,32,35)/t26-/m0/s1. The van der Waals surface area contributed by atoms with Crippen molar-refractivity contribution in [2.45, 2.75) is 31.2 Å². The number of rotatable bonds is 9. The van der Waals surface area contributed by atoms with Gasteiger partial charge < -0.3 is 21.1 Å². The van der Waals surface area contributed by atoms with Gasteiger partial charge in [0.1, 0.15) is 12.6 Å². The number of fused-ring (bicyclic) bond motifs is 4. The summed E-state index contributed by atoms with van der Waals surface area (Å²) in [6.07, 6.45) is 3.01. The highest BCUT2D eigenvalue weighted by atomic mass is 16.5. The maximum atomic E-state index is 13.1. The summed E-state index contributed by atoms with van der Waals surface area (Å²) in [7, 11) is 0. The molecule has 1 atom stereocenters. The van der Waals surface area contributed by atoms with Crippen molar-refractivity contribution in [1.82, 2.24) is 15.5 Å². The van der Waals surface area contributed by atoms with Crippen LogP contribution in [-0.4, -0.2) is 41.4 Å². The highest BCUT2D eigenvalue weighted by Crippen LogP contribution is 2.44. The molecule has 0 unspecified atom stereocenters. The van der Waals surface area contributed by atoms with Gasteiger partial charge in [-0.25, -0.2) is 4.79 Å². The fourth-order valence-corrected chi connectivity index (χ4v) is 4.79. The van der Waals surface area contributed by atoms with E-state index in [1.165, 1.54) is 0 Å². The molecule has 0 radical (unpaired) electrons. The molecule has 184 valence electrons. The third kappa shape index (κ3) is 4.94. The van der Waals surface area contributed by atoms with Crippen LogP contribution in [0.3, 0.4) is 0 Å². The summed E-state index contributed by atoms with van der Waals surface area (Å²) in [4.78, 5) is 25.9. The molecular weight excluding hydrogens is 454 g/mol. The van der Waals surface area contributed by atoms with Crippen molar-refractivity contribution in [3.05, 3.63) is 84.1 Å². The lowest BCUT2D eigenvalue weighted by atomic mass is 9.98. The topological polar surface area (TPSA) is 122 Å². The second-order valence-electron chi connectivity index (χ2n) is 8.97. The van der Waals surface area contributed by atoms with Crippen molar-refractivity contribution in [3.8, 4) is 11.1 Å². The average molecular weight is 484 g/mol. The zero-order valence-corrected chi connectivity index (χ0v) is 19.9. The van der Waals surface area contributed by atoms with Crippen LogP contribution in [0.2, 0.25) is 0 Å². The smallest absolute Gasteiger partial charge is 0.407 e. The van der Waals surface area contributed by atoms with Gasteiger partial charge in [0.2, 0.25) is 5.91 Å². The Hall–Kier alpha value is -4.17. The number of amides is 2. The number of nitrogens with zero attached hydrogens (tertiary/aromatic N) is 1. The molecule has 0 aliphatic heterocycles. The number of carbonyl (C=O) groups excluding carboxylic acids is 2. The predicted molar refractivity (Wildman–Crippen MR) is 140 cm³/mol. The number of hydrogen-bond acceptors (Lipinski definition) is 5. The fourth-order valence-electron chi connectivity index (χ4n) is 4.79. The van der Waals surface area contributed by atoms with Crippen molar-refractivity contribution in [3.63, 3.8) is 0 Å². The Labute approximate surface area is 209 Å². The van der Waals surface area contributed by atoms with E-state index in [1.54, 1.807) is 12.3 Å². The number of alkyl carbamates (subject to hydrolysis) is 1. The number of benzene rings is 3. The lowest BCUT2D eigenvalue weighted by Crippen LogP contribution is -2.44. The Morgan fingerprint density at radius 3 is 2.44 bits per heavy atom. The summed E-state index contributed by atoms with van der Waals surface area (Å²) < 4.78 is 5.66. The van der Waals surface area contributed by atoms with E-state index in [1.807, 2.05) is 36.4 Å². The van der Waals surface area contributed by atoms with Gasteiger partial charge in [-0.3, -0.25) is 9.89 Å². The molecule has 5 N–H and O–H groups in total. The van der Waals surface area contributed by atoms with Gasteiger partial charge in [-0.05, 0) is 66.3 Å². The Morgan fingerprint density at radius 2 is 1.72 bits per heavy atom. The number of nitrogens with one attached hydrogen (secondary N) is 3. The first-order valence-corrected chi connectivity index (χ1v) is 12.2. The zero-order valence-electron chi connectivity index (χ0n) is 19.9. The van der Waals surface area contributed by atoms with Crippen molar-refractivity contribution in [2.75, 3.05) is 18.5 Å². The van der Waals surface area contributed by atoms with Crippen LogP contribution in [0.5, 0.6) is 0 Å². The molecule has 0 spiro atoms. The number of aromatic amines is 1. The zero-order chi connectivity index (χ0) is 24.9. The molecular formula is C28H29N5O3. The number of H-pyrrole nitrogens is 1. The van der Waals surface area contributed by atoms with Crippen LogP contribution in [0.25, 0.3) is 22.0 Å². The van der Waals surface area contributed by atoms with E-state index in [0.29, 0.717) is 25.1 Å². The number of carbonyl (C=O) groups is 2. The summed E-state index contributed by atoms with van der Waals surface area (Å²) >= 11 is 0. The van der Waals surface area contributed by atoms with Crippen LogP contribution in [0.4, 0.5) is 10.5 Å². The minimum absolute atomic E-state index is 0.0469. The van der Waals surface area contributed by atoms with Crippen molar-refractivity contribution >= 4 is 28.6 Å². The van der Waals surface area contributed by atoms with Crippen molar-refractivity contribution in [1.29, 1.82) is 0 Å². The lowest BCUT2D eigenvalue weighted by Gasteiger charge is -2.20. The molecule has 1 heterocycles. The molecule has 5 rings (SSSR count). The second-order valence-corrected chi connectivity index (χ2v) is 8.97. The van der Waals surface area contributed by atoms with Gasteiger partial charge in [-0.2, -0.15) is 5.10 Å². The Balaban J connectivity index is 1.25. The molecule has 0 fully saturated rings. The van der Waals surface area contributed by atoms with Gasteiger partial charge in [0.25, 0.3) is 0 Å². The highest BCUT2D eigenvalue weighted by molar-refractivity contribution is 5.98. The fraction of sp³-hybridized carbons (Fsp3) is 0.250. The maximum absolute atomic E-state index is 13.1. The molecule has 3 aromatic carbocycles. The van der Waals surface area contributed by atoms with E-state index in [4.69, 9.17) is 10.5 Å². The molecule has 1 aromatic heterocycles. The van der Waals surface area contributed by atoms with Gasteiger partial charge in [0, 0.05) is 17.0 Å². The third-order valence-electron chi connectivity index (χ3n) is 6.61. The molecule has 0 bridgehead atoms.